The summed E-state index contributed by atoms with van der Waals surface area (Å²) in [6.45, 7) is 5.61. The highest BCUT2D eigenvalue weighted by molar-refractivity contribution is 6.43. The Morgan fingerprint density at radius 1 is 0.968 bits per heavy atom. The van der Waals surface area contributed by atoms with Gasteiger partial charge in [-0.25, -0.2) is 0 Å². The second kappa shape index (κ2) is 9.94. The van der Waals surface area contributed by atoms with Crippen LogP contribution in [-0.2, 0) is 0 Å². The van der Waals surface area contributed by atoms with Gasteiger partial charge in [-0.05, 0) is 55.1 Å². The van der Waals surface area contributed by atoms with Crippen LogP contribution >= 0.6 is 23.2 Å². The first-order chi connectivity index (χ1) is 15.0. The highest BCUT2D eigenvalue weighted by Crippen LogP contribution is 2.32. The van der Waals surface area contributed by atoms with E-state index in [1.165, 1.54) is 10.6 Å². The molecule has 0 aliphatic carbocycles. The molecule has 163 valence electrons. The largest absolute Gasteiger partial charge is 0.494 e. The SMILES string of the molecule is [CH2]n1c(=O)ccc2ccc(OCCCCN3CCN(c4cccc(Cl)c4Cl)CC3)cc21. The molecule has 1 aromatic heterocycles. The van der Waals surface area contributed by atoms with Gasteiger partial charge < -0.3 is 14.2 Å². The Morgan fingerprint density at radius 3 is 2.55 bits per heavy atom. The van der Waals surface area contributed by atoms with E-state index in [0.29, 0.717) is 16.7 Å². The van der Waals surface area contributed by atoms with Gasteiger partial charge in [-0.15, -0.1) is 0 Å². The third kappa shape index (κ3) is 5.17. The average molecular weight is 459 g/mol. The standard InChI is InChI=1S/C24H26Cl2N3O2/c1-27-22-17-19(9-7-18(22)8-10-23(27)30)31-16-3-2-11-28-12-14-29(15-13-28)21-6-4-5-20(25)24(21)26/h4-10,17H,1-3,11-16H2. The molecule has 0 N–H and O–H groups in total. The molecule has 1 saturated heterocycles. The molecule has 1 aliphatic heterocycles. The number of hydrogen-bond donors (Lipinski definition) is 0. The summed E-state index contributed by atoms with van der Waals surface area (Å²) in [4.78, 5) is 16.5. The van der Waals surface area contributed by atoms with Crippen LogP contribution in [0.5, 0.6) is 5.75 Å². The molecule has 3 aromatic rings. The number of nitrogens with zero attached hydrogens (tertiary/aromatic N) is 3. The van der Waals surface area contributed by atoms with Crippen molar-refractivity contribution in [1.29, 1.82) is 0 Å². The van der Waals surface area contributed by atoms with Gasteiger partial charge >= 0.3 is 0 Å². The first kappa shape index (κ1) is 22.0. The van der Waals surface area contributed by atoms with Gasteiger partial charge in [-0.3, -0.25) is 9.69 Å². The van der Waals surface area contributed by atoms with Crippen LogP contribution in [0, 0.1) is 7.05 Å². The van der Waals surface area contributed by atoms with Crippen LogP contribution in [0.2, 0.25) is 10.0 Å². The van der Waals surface area contributed by atoms with Crippen molar-refractivity contribution in [2.45, 2.75) is 12.8 Å². The van der Waals surface area contributed by atoms with Crippen LogP contribution < -0.4 is 15.2 Å². The second-order valence-corrected chi connectivity index (χ2v) is 8.56. The minimum Gasteiger partial charge on any atom is -0.494 e. The molecule has 4 rings (SSSR count). The van der Waals surface area contributed by atoms with Gasteiger partial charge in [-0.2, -0.15) is 0 Å². The van der Waals surface area contributed by atoms with E-state index >= 15 is 0 Å². The molecular weight excluding hydrogens is 433 g/mol. The Labute approximate surface area is 192 Å². The van der Waals surface area contributed by atoms with Crippen molar-refractivity contribution >= 4 is 39.8 Å². The summed E-state index contributed by atoms with van der Waals surface area (Å²) in [5.74, 6) is 0.766. The van der Waals surface area contributed by atoms with Crippen molar-refractivity contribution in [1.82, 2.24) is 9.47 Å². The molecule has 2 aromatic carbocycles. The fourth-order valence-electron chi connectivity index (χ4n) is 3.93. The summed E-state index contributed by atoms with van der Waals surface area (Å²) in [6.07, 6.45) is 2.05. The highest BCUT2D eigenvalue weighted by Gasteiger charge is 2.19. The zero-order valence-corrected chi connectivity index (χ0v) is 18.9. The maximum atomic E-state index is 11.8. The molecule has 1 radical (unpaired) electrons. The van der Waals surface area contributed by atoms with E-state index in [2.05, 4.69) is 16.8 Å². The van der Waals surface area contributed by atoms with Crippen LogP contribution in [0.15, 0.2) is 53.3 Å². The number of aromatic nitrogens is 1. The van der Waals surface area contributed by atoms with Crippen molar-refractivity contribution in [3.8, 4) is 5.75 Å². The van der Waals surface area contributed by atoms with Crippen molar-refractivity contribution < 1.29 is 4.74 Å². The summed E-state index contributed by atoms with van der Waals surface area (Å²) in [7, 11) is 3.81. The summed E-state index contributed by atoms with van der Waals surface area (Å²) in [5.41, 5.74) is 1.68. The van der Waals surface area contributed by atoms with Gasteiger partial charge in [-0.1, -0.05) is 29.3 Å². The zero-order valence-electron chi connectivity index (χ0n) is 17.4. The molecular formula is C24H26Cl2N3O2. The lowest BCUT2D eigenvalue weighted by molar-refractivity contribution is 0.238. The van der Waals surface area contributed by atoms with Crippen molar-refractivity contribution in [2.24, 2.45) is 0 Å². The van der Waals surface area contributed by atoms with Gasteiger partial charge in [0.15, 0.2) is 0 Å². The lowest BCUT2D eigenvalue weighted by atomic mass is 10.2. The van der Waals surface area contributed by atoms with Crippen LogP contribution in [0.25, 0.3) is 10.9 Å². The maximum absolute atomic E-state index is 11.8. The van der Waals surface area contributed by atoms with E-state index < -0.39 is 0 Å². The smallest absolute Gasteiger partial charge is 0.251 e. The topological polar surface area (TPSA) is 37.7 Å². The van der Waals surface area contributed by atoms with Crippen molar-refractivity contribution in [3.63, 3.8) is 0 Å². The fourth-order valence-corrected chi connectivity index (χ4v) is 4.35. The van der Waals surface area contributed by atoms with Crippen LogP contribution in [0.4, 0.5) is 5.69 Å². The van der Waals surface area contributed by atoms with E-state index in [4.69, 9.17) is 27.9 Å². The minimum absolute atomic E-state index is 0.123. The van der Waals surface area contributed by atoms with Gasteiger partial charge in [0.2, 0.25) is 0 Å². The molecule has 0 unspecified atom stereocenters. The third-order valence-corrected chi connectivity index (χ3v) is 6.55. The minimum atomic E-state index is -0.123. The number of unbranched alkanes of at least 4 members (excludes halogenated alkanes) is 1. The molecule has 1 fully saturated rings. The molecule has 0 amide bonds. The maximum Gasteiger partial charge on any atom is 0.251 e. The quantitative estimate of drug-likeness (QED) is 0.470. The lowest BCUT2D eigenvalue weighted by Gasteiger charge is -2.36. The van der Waals surface area contributed by atoms with E-state index in [1.54, 1.807) is 0 Å². The Balaban J connectivity index is 1.20. The number of rotatable bonds is 7. The number of pyridine rings is 1. The van der Waals surface area contributed by atoms with Crippen molar-refractivity contribution in [3.05, 3.63) is 76.0 Å². The highest BCUT2D eigenvalue weighted by atomic mass is 35.5. The van der Waals surface area contributed by atoms with Crippen LogP contribution in [0.3, 0.4) is 0 Å². The molecule has 0 bridgehead atoms. The van der Waals surface area contributed by atoms with E-state index in [-0.39, 0.29) is 5.56 Å². The summed E-state index contributed by atoms with van der Waals surface area (Å²) >= 11 is 12.5. The molecule has 0 saturated carbocycles. The Hall–Kier alpha value is -2.21. The van der Waals surface area contributed by atoms with E-state index in [9.17, 15) is 4.79 Å². The molecule has 0 atom stereocenters. The number of halogens is 2. The van der Waals surface area contributed by atoms with E-state index in [0.717, 1.165) is 67.9 Å². The van der Waals surface area contributed by atoms with Crippen LogP contribution in [0.1, 0.15) is 12.8 Å². The molecule has 7 heteroatoms. The van der Waals surface area contributed by atoms with Gasteiger partial charge in [0, 0.05) is 45.4 Å². The Bertz CT molecular complexity index is 1110. The monoisotopic (exact) mass is 458 g/mol. The first-order valence-corrected chi connectivity index (χ1v) is 11.3. The van der Waals surface area contributed by atoms with Gasteiger partial charge in [0.25, 0.3) is 5.56 Å². The first-order valence-electron chi connectivity index (χ1n) is 10.5. The van der Waals surface area contributed by atoms with Gasteiger partial charge in [0.05, 0.1) is 27.9 Å². The number of anilines is 1. The number of fused-ring (bicyclic) bond motifs is 1. The molecule has 1 aliphatic rings. The Morgan fingerprint density at radius 2 is 1.74 bits per heavy atom. The molecule has 5 nitrogen and oxygen atoms in total. The van der Waals surface area contributed by atoms with Crippen molar-refractivity contribution in [2.75, 3.05) is 44.2 Å². The molecule has 31 heavy (non-hydrogen) atoms. The molecule has 2 heterocycles. The predicted octanol–water partition coefficient (Wildman–Crippen LogP) is 4.93. The normalized spacial score (nSPS) is 14.9. The number of hydrogen-bond acceptors (Lipinski definition) is 4. The zero-order chi connectivity index (χ0) is 21.8. The number of ether oxygens (including phenoxy) is 1. The Kier molecular flexibility index (Phi) is 7.06. The number of benzene rings is 2. The van der Waals surface area contributed by atoms with Crippen LogP contribution in [-0.4, -0.2) is 48.8 Å². The average Bonchev–Trinajstić information content (AvgIpc) is 2.79. The second-order valence-electron chi connectivity index (χ2n) is 7.78. The summed E-state index contributed by atoms with van der Waals surface area (Å²) in [6, 6.07) is 14.9. The molecule has 0 spiro atoms. The lowest BCUT2D eigenvalue weighted by Crippen LogP contribution is -2.46. The predicted molar refractivity (Wildman–Crippen MR) is 129 cm³/mol. The summed E-state index contributed by atoms with van der Waals surface area (Å²) < 4.78 is 7.30. The third-order valence-electron chi connectivity index (χ3n) is 5.75. The number of piperazine rings is 1. The van der Waals surface area contributed by atoms with E-state index in [1.807, 2.05) is 42.5 Å². The summed E-state index contributed by atoms with van der Waals surface area (Å²) in [5, 5.41) is 2.21. The van der Waals surface area contributed by atoms with Gasteiger partial charge in [0.1, 0.15) is 5.75 Å². The fraction of sp³-hybridized carbons (Fsp3) is 0.333.